The molecule has 0 saturated heterocycles. The summed E-state index contributed by atoms with van der Waals surface area (Å²) >= 11 is 1.30. The maximum Gasteiger partial charge on any atom is 0.339 e. The van der Waals surface area contributed by atoms with E-state index in [0.717, 1.165) is 26.9 Å². The maximum absolute atomic E-state index is 13.1. The summed E-state index contributed by atoms with van der Waals surface area (Å²) in [5.41, 5.74) is 2.06. The first-order valence-electron chi connectivity index (χ1n) is 10.00. The third-order valence-corrected chi connectivity index (χ3v) is 6.62. The molecule has 0 spiro atoms. The minimum atomic E-state index is -0.580. The molecule has 0 radical (unpaired) electrons. The van der Waals surface area contributed by atoms with E-state index < -0.39 is 11.5 Å². The lowest BCUT2D eigenvalue weighted by atomic mass is 10.0. The number of aryl methyl sites for hydroxylation is 1. The normalized spacial score (nSPS) is 11.7. The van der Waals surface area contributed by atoms with Crippen molar-refractivity contribution in [1.29, 1.82) is 0 Å². The molecule has 1 N–H and O–H groups in total. The average molecular weight is 441 g/mol. The first-order valence-corrected chi connectivity index (χ1v) is 10.8. The van der Waals surface area contributed by atoms with Crippen molar-refractivity contribution >= 4 is 38.6 Å². The van der Waals surface area contributed by atoms with Crippen molar-refractivity contribution in [1.82, 2.24) is 19.1 Å². The predicted molar refractivity (Wildman–Crippen MR) is 121 cm³/mol. The van der Waals surface area contributed by atoms with Crippen molar-refractivity contribution in [3.05, 3.63) is 60.9 Å². The summed E-state index contributed by atoms with van der Waals surface area (Å²) in [7, 11) is 2.74. The van der Waals surface area contributed by atoms with E-state index in [1.165, 1.54) is 25.5 Å². The van der Waals surface area contributed by atoms with Crippen LogP contribution in [0.2, 0.25) is 0 Å². The zero-order chi connectivity index (χ0) is 22.4. The number of carbonyl (C=O) groups is 1. The van der Waals surface area contributed by atoms with Gasteiger partial charge in [0.1, 0.15) is 10.5 Å². The van der Waals surface area contributed by atoms with E-state index in [2.05, 4.69) is 9.97 Å². The van der Waals surface area contributed by atoms with Crippen LogP contribution in [0.5, 0.6) is 0 Å². The molecule has 0 atom stereocenters. The largest absolute Gasteiger partial charge is 0.465 e. The first-order chi connectivity index (χ1) is 14.7. The molecule has 4 aromatic rings. The molecule has 0 aromatic carbocycles. The molecule has 9 heteroatoms. The summed E-state index contributed by atoms with van der Waals surface area (Å²) in [6.45, 7) is 6.40. The number of aromatic amines is 1. The Labute approximate surface area is 182 Å². The van der Waals surface area contributed by atoms with Crippen molar-refractivity contribution in [3.63, 3.8) is 0 Å². The number of hydrogen-bond donors (Lipinski definition) is 1. The minimum absolute atomic E-state index is 0.187. The number of thiophene rings is 1. The number of nitrogens with one attached hydrogen (secondary N) is 1. The molecule has 162 valence electrons. The molecule has 8 nitrogen and oxygen atoms in total. The summed E-state index contributed by atoms with van der Waals surface area (Å²) in [6, 6.07) is 3.83. The highest BCUT2D eigenvalue weighted by Gasteiger charge is 2.27. The van der Waals surface area contributed by atoms with Crippen molar-refractivity contribution in [2.24, 2.45) is 13.0 Å². The standard InChI is InChI=1S/C22H24N4O4S/c1-11(2)10-26-20-17(19(27)25(4)22(26)29)16(21(28)30-5)15(31-20)9-14-12(3)24-18-13(14)7-6-8-23-18/h6-8,11H,9-10H2,1-5H3,(H,23,24). The second-order valence-corrected chi connectivity index (χ2v) is 9.11. The topological polar surface area (TPSA) is 99.0 Å². The van der Waals surface area contributed by atoms with E-state index in [9.17, 15) is 14.4 Å². The summed E-state index contributed by atoms with van der Waals surface area (Å²) in [5, 5.41) is 1.20. The SMILES string of the molecule is COC(=O)c1c(Cc2c(C)[nH]c3ncccc23)sc2c1c(=O)n(C)c(=O)n2CC(C)C. The Morgan fingerprint density at radius 3 is 2.74 bits per heavy atom. The third-order valence-electron chi connectivity index (χ3n) is 5.41. The van der Waals surface area contributed by atoms with Crippen LogP contribution in [0, 0.1) is 12.8 Å². The molecule has 31 heavy (non-hydrogen) atoms. The molecule has 0 saturated carbocycles. The van der Waals surface area contributed by atoms with Crippen LogP contribution in [0.3, 0.4) is 0 Å². The monoisotopic (exact) mass is 440 g/mol. The van der Waals surface area contributed by atoms with Gasteiger partial charge >= 0.3 is 11.7 Å². The van der Waals surface area contributed by atoms with Gasteiger partial charge in [-0.05, 0) is 30.5 Å². The molecular formula is C22H24N4O4S. The Morgan fingerprint density at radius 2 is 2.06 bits per heavy atom. The van der Waals surface area contributed by atoms with Gasteiger partial charge in [0.15, 0.2) is 0 Å². The van der Waals surface area contributed by atoms with Crippen LogP contribution < -0.4 is 11.2 Å². The van der Waals surface area contributed by atoms with Crippen LogP contribution in [0.25, 0.3) is 21.3 Å². The Balaban J connectivity index is 2.04. The van der Waals surface area contributed by atoms with Crippen LogP contribution in [0.1, 0.15) is 40.3 Å². The van der Waals surface area contributed by atoms with E-state index in [1.54, 1.807) is 10.8 Å². The average Bonchev–Trinajstić information content (AvgIpc) is 3.27. The Morgan fingerprint density at radius 1 is 1.32 bits per heavy atom. The molecule has 4 heterocycles. The fourth-order valence-electron chi connectivity index (χ4n) is 3.94. The molecule has 0 unspecified atom stereocenters. The molecule has 0 amide bonds. The smallest absolute Gasteiger partial charge is 0.339 e. The lowest BCUT2D eigenvalue weighted by Crippen LogP contribution is -2.38. The number of fused-ring (bicyclic) bond motifs is 2. The van der Waals surface area contributed by atoms with Crippen LogP contribution in [-0.4, -0.2) is 32.2 Å². The number of aromatic nitrogens is 4. The van der Waals surface area contributed by atoms with E-state index in [1.807, 2.05) is 32.9 Å². The number of nitrogens with zero attached hydrogens (tertiary/aromatic N) is 3. The predicted octanol–water partition coefficient (Wildman–Crippen LogP) is 2.98. The van der Waals surface area contributed by atoms with Gasteiger partial charge < -0.3 is 9.72 Å². The maximum atomic E-state index is 13.1. The number of methoxy groups -OCH3 is 1. The molecule has 4 rings (SSSR count). The van der Waals surface area contributed by atoms with Crippen molar-refractivity contribution < 1.29 is 9.53 Å². The van der Waals surface area contributed by atoms with Gasteiger partial charge in [-0.2, -0.15) is 0 Å². The van der Waals surface area contributed by atoms with E-state index in [4.69, 9.17) is 4.74 Å². The molecule has 0 fully saturated rings. The fraction of sp³-hybridized carbons (Fsp3) is 0.364. The van der Waals surface area contributed by atoms with Gasteiger partial charge in [-0.3, -0.25) is 13.9 Å². The Hall–Kier alpha value is -3.20. The number of rotatable bonds is 5. The van der Waals surface area contributed by atoms with Crippen LogP contribution >= 0.6 is 11.3 Å². The van der Waals surface area contributed by atoms with Crippen LogP contribution in [0.4, 0.5) is 0 Å². The summed E-state index contributed by atoms with van der Waals surface area (Å²) in [4.78, 5) is 47.5. The molecule has 0 aliphatic carbocycles. The number of H-pyrrole nitrogens is 1. The minimum Gasteiger partial charge on any atom is -0.465 e. The number of carbonyl (C=O) groups excluding carboxylic acids is 1. The number of hydrogen-bond acceptors (Lipinski definition) is 6. The second-order valence-electron chi connectivity index (χ2n) is 8.03. The summed E-state index contributed by atoms with van der Waals surface area (Å²) in [6.07, 6.45) is 2.13. The lowest BCUT2D eigenvalue weighted by molar-refractivity contribution is 0.0602. The zero-order valence-electron chi connectivity index (χ0n) is 18.1. The first kappa shape index (κ1) is 21.0. The fourth-order valence-corrected chi connectivity index (χ4v) is 5.23. The van der Waals surface area contributed by atoms with Gasteiger partial charge in [-0.1, -0.05) is 13.8 Å². The molecule has 0 aliphatic rings. The van der Waals surface area contributed by atoms with E-state index in [0.29, 0.717) is 22.7 Å². The highest BCUT2D eigenvalue weighted by Crippen LogP contribution is 2.33. The quantitative estimate of drug-likeness (QED) is 0.481. The van der Waals surface area contributed by atoms with Gasteiger partial charge in [0.05, 0.1) is 18.1 Å². The van der Waals surface area contributed by atoms with Gasteiger partial charge in [0.2, 0.25) is 0 Å². The lowest BCUT2D eigenvalue weighted by Gasteiger charge is -2.11. The molecule has 0 bridgehead atoms. The van der Waals surface area contributed by atoms with E-state index in [-0.39, 0.29) is 22.6 Å². The Bertz CT molecular complexity index is 1440. The van der Waals surface area contributed by atoms with E-state index >= 15 is 0 Å². The van der Waals surface area contributed by atoms with Gasteiger partial charge in [-0.25, -0.2) is 14.6 Å². The number of ether oxygens (including phenoxy) is 1. The number of pyridine rings is 1. The zero-order valence-corrected chi connectivity index (χ0v) is 18.9. The van der Waals surface area contributed by atoms with Crippen LogP contribution in [0.15, 0.2) is 27.9 Å². The molecule has 0 aliphatic heterocycles. The van der Waals surface area contributed by atoms with Gasteiger partial charge in [-0.15, -0.1) is 11.3 Å². The number of esters is 1. The summed E-state index contributed by atoms with van der Waals surface area (Å²) in [5.74, 6) is -0.392. The van der Waals surface area contributed by atoms with Crippen molar-refractivity contribution in [3.8, 4) is 0 Å². The Kier molecular flexibility index (Phi) is 5.30. The van der Waals surface area contributed by atoms with Gasteiger partial charge in [0.25, 0.3) is 5.56 Å². The summed E-state index contributed by atoms with van der Waals surface area (Å²) < 4.78 is 7.69. The molecule has 4 aromatic heterocycles. The van der Waals surface area contributed by atoms with Crippen LogP contribution in [-0.2, 0) is 24.8 Å². The second kappa shape index (κ2) is 7.81. The van der Waals surface area contributed by atoms with Crippen molar-refractivity contribution in [2.75, 3.05) is 7.11 Å². The highest BCUT2D eigenvalue weighted by atomic mass is 32.1. The molecular weight excluding hydrogens is 416 g/mol. The third kappa shape index (κ3) is 3.38. The highest BCUT2D eigenvalue weighted by molar-refractivity contribution is 7.19. The van der Waals surface area contributed by atoms with Gasteiger partial charge in [0, 0.05) is 42.2 Å². The van der Waals surface area contributed by atoms with Crippen molar-refractivity contribution in [2.45, 2.75) is 33.7 Å².